The van der Waals surface area contributed by atoms with Crippen molar-refractivity contribution in [1.29, 1.82) is 0 Å². The van der Waals surface area contributed by atoms with E-state index >= 15 is 0 Å². The number of amides is 1. The fourth-order valence-corrected chi connectivity index (χ4v) is 5.47. The molecule has 31 heavy (non-hydrogen) atoms. The molecule has 1 aliphatic rings. The fourth-order valence-electron chi connectivity index (χ4n) is 4.21. The molecule has 2 heterocycles. The summed E-state index contributed by atoms with van der Waals surface area (Å²) in [5.41, 5.74) is 1.93. The third-order valence-electron chi connectivity index (χ3n) is 6.02. The minimum Gasteiger partial charge on any atom is -0.494 e. The number of anilines is 1. The quantitative estimate of drug-likeness (QED) is 0.628. The van der Waals surface area contributed by atoms with E-state index < -0.39 is 0 Å². The molecule has 7 heteroatoms. The normalized spacial score (nSPS) is 16.2. The van der Waals surface area contributed by atoms with Crippen LogP contribution in [0.5, 0.6) is 5.75 Å². The van der Waals surface area contributed by atoms with Crippen LogP contribution in [0.1, 0.15) is 44.6 Å². The van der Waals surface area contributed by atoms with E-state index in [2.05, 4.69) is 31.1 Å². The number of fused-ring (bicyclic) bond motifs is 3. The number of nitrogens with one attached hydrogen (secondary N) is 1. The van der Waals surface area contributed by atoms with Gasteiger partial charge in [-0.3, -0.25) is 14.2 Å². The van der Waals surface area contributed by atoms with Crippen molar-refractivity contribution >= 4 is 33.1 Å². The van der Waals surface area contributed by atoms with Crippen molar-refractivity contribution < 1.29 is 9.53 Å². The molecular formula is C24H29N3O3S. The topological polar surface area (TPSA) is 73.2 Å². The van der Waals surface area contributed by atoms with Gasteiger partial charge in [-0.1, -0.05) is 20.8 Å². The van der Waals surface area contributed by atoms with Gasteiger partial charge in [0.05, 0.1) is 18.3 Å². The molecule has 1 amide bonds. The van der Waals surface area contributed by atoms with E-state index in [4.69, 9.17) is 4.74 Å². The van der Waals surface area contributed by atoms with E-state index in [0.717, 1.165) is 35.4 Å². The van der Waals surface area contributed by atoms with Crippen LogP contribution in [0, 0.1) is 11.3 Å². The van der Waals surface area contributed by atoms with Gasteiger partial charge in [-0.15, -0.1) is 11.3 Å². The molecule has 3 aromatic rings. The number of benzene rings is 1. The van der Waals surface area contributed by atoms with Crippen LogP contribution >= 0.6 is 11.3 Å². The summed E-state index contributed by atoms with van der Waals surface area (Å²) in [4.78, 5) is 32.3. The van der Waals surface area contributed by atoms with Gasteiger partial charge in [0.2, 0.25) is 5.91 Å². The third kappa shape index (κ3) is 4.51. The van der Waals surface area contributed by atoms with Gasteiger partial charge in [-0.2, -0.15) is 0 Å². The molecular weight excluding hydrogens is 410 g/mol. The Morgan fingerprint density at radius 1 is 1.29 bits per heavy atom. The fraction of sp³-hybridized carbons (Fsp3) is 0.458. The van der Waals surface area contributed by atoms with Gasteiger partial charge in [0, 0.05) is 10.6 Å². The number of hydrogen-bond donors (Lipinski definition) is 1. The Bertz CT molecular complexity index is 1160. The summed E-state index contributed by atoms with van der Waals surface area (Å²) in [7, 11) is 0. The van der Waals surface area contributed by atoms with Crippen LogP contribution in [0.3, 0.4) is 0 Å². The maximum Gasteiger partial charge on any atom is 0.262 e. The molecule has 2 aromatic heterocycles. The van der Waals surface area contributed by atoms with Gasteiger partial charge in [0.25, 0.3) is 5.56 Å². The van der Waals surface area contributed by atoms with Crippen molar-refractivity contribution in [3.63, 3.8) is 0 Å². The Hall–Kier alpha value is -2.67. The Labute approximate surface area is 186 Å². The van der Waals surface area contributed by atoms with Crippen molar-refractivity contribution in [3.05, 3.63) is 51.4 Å². The number of hydrogen-bond acceptors (Lipinski definition) is 5. The zero-order valence-corrected chi connectivity index (χ0v) is 19.3. The van der Waals surface area contributed by atoms with Crippen LogP contribution < -0.4 is 15.6 Å². The summed E-state index contributed by atoms with van der Waals surface area (Å²) < 4.78 is 6.83. The lowest BCUT2D eigenvalue weighted by Gasteiger charge is -2.33. The van der Waals surface area contributed by atoms with Crippen LogP contribution in [0.2, 0.25) is 0 Å². The highest BCUT2D eigenvalue weighted by atomic mass is 32.1. The van der Waals surface area contributed by atoms with Gasteiger partial charge in [-0.25, -0.2) is 4.98 Å². The van der Waals surface area contributed by atoms with E-state index in [1.165, 1.54) is 15.8 Å². The second kappa shape index (κ2) is 8.46. The molecule has 1 aromatic carbocycles. The highest BCUT2D eigenvalue weighted by Crippen LogP contribution is 2.41. The summed E-state index contributed by atoms with van der Waals surface area (Å²) >= 11 is 1.63. The number of aryl methyl sites for hydroxylation is 1. The molecule has 0 aliphatic heterocycles. The Morgan fingerprint density at radius 2 is 2.03 bits per heavy atom. The van der Waals surface area contributed by atoms with Crippen LogP contribution in [-0.2, 0) is 24.2 Å². The first-order valence-electron chi connectivity index (χ1n) is 10.8. The number of thiophene rings is 1. The van der Waals surface area contributed by atoms with Gasteiger partial charge in [-0.05, 0) is 67.3 Å². The molecule has 1 unspecified atom stereocenters. The van der Waals surface area contributed by atoms with Crippen LogP contribution in [-0.4, -0.2) is 22.1 Å². The molecule has 1 atom stereocenters. The van der Waals surface area contributed by atoms with Crippen LogP contribution in [0.4, 0.5) is 5.69 Å². The highest BCUT2D eigenvalue weighted by molar-refractivity contribution is 7.18. The molecule has 164 valence electrons. The van der Waals surface area contributed by atoms with E-state index in [9.17, 15) is 9.59 Å². The maximum atomic E-state index is 13.2. The average molecular weight is 440 g/mol. The molecule has 0 saturated heterocycles. The highest BCUT2D eigenvalue weighted by Gasteiger charge is 2.31. The molecule has 0 saturated carbocycles. The van der Waals surface area contributed by atoms with Crippen molar-refractivity contribution in [3.8, 4) is 5.75 Å². The number of ether oxygens (including phenoxy) is 1. The lowest BCUT2D eigenvalue weighted by Crippen LogP contribution is -2.29. The lowest BCUT2D eigenvalue weighted by molar-refractivity contribution is -0.116. The summed E-state index contributed by atoms with van der Waals surface area (Å²) in [6.07, 6.45) is 4.47. The van der Waals surface area contributed by atoms with E-state index in [-0.39, 0.29) is 23.4 Å². The number of rotatable bonds is 5. The SMILES string of the molecule is CCOc1ccc(NC(=O)Cn2cnc3sc4c(c3c2=O)CCC(C(C)(C)C)C4)cc1. The largest absolute Gasteiger partial charge is 0.494 e. The van der Waals surface area contributed by atoms with Crippen molar-refractivity contribution in [1.82, 2.24) is 9.55 Å². The monoisotopic (exact) mass is 439 g/mol. The minimum absolute atomic E-state index is 0.0653. The minimum atomic E-state index is -0.260. The zero-order chi connectivity index (χ0) is 22.2. The Morgan fingerprint density at radius 3 is 2.71 bits per heavy atom. The molecule has 6 nitrogen and oxygen atoms in total. The molecule has 0 spiro atoms. The predicted octanol–water partition coefficient (Wildman–Crippen LogP) is 4.65. The van der Waals surface area contributed by atoms with E-state index in [1.807, 2.05) is 6.92 Å². The third-order valence-corrected chi connectivity index (χ3v) is 7.19. The van der Waals surface area contributed by atoms with Crippen molar-refractivity contribution in [2.45, 2.75) is 53.5 Å². The van der Waals surface area contributed by atoms with Gasteiger partial charge >= 0.3 is 0 Å². The van der Waals surface area contributed by atoms with Crippen LogP contribution in [0.15, 0.2) is 35.4 Å². The van der Waals surface area contributed by atoms with Gasteiger partial charge in [0.15, 0.2) is 0 Å². The Kier molecular flexibility index (Phi) is 5.88. The standard InChI is InChI=1S/C24H29N3O3S/c1-5-30-17-9-7-16(8-10-17)26-20(28)13-27-14-25-22-21(23(27)29)18-11-6-15(24(2,3)4)12-19(18)31-22/h7-10,14-15H,5-6,11-13H2,1-4H3,(H,26,28). The smallest absolute Gasteiger partial charge is 0.262 e. The number of aromatic nitrogens is 2. The van der Waals surface area contributed by atoms with Crippen molar-refractivity contribution in [2.24, 2.45) is 11.3 Å². The summed E-state index contributed by atoms with van der Waals surface area (Å²) in [5.74, 6) is 1.10. The lowest BCUT2D eigenvalue weighted by atomic mass is 9.72. The first-order chi connectivity index (χ1) is 14.8. The summed E-state index contributed by atoms with van der Waals surface area (Å²) in [5, 5.41) is 3.53. The number of nitrogens with zero attached hydrogens (tertiary/aromatic N) is 2. The molecule has 1 aliphatic carbocycles. The molecule has 0 radical (unpaired) electrons. The summed E-state index contributed by atoms with van der Waals surface area (Å²) in [6, 6.07) is 7.19. The molecule has 0 bridgehead atoms. The van der Waals surface area contributed by atoms with Gasteiger partial charge < -0.3 is 10.1 Å². The predicted molar refractivity (Wildman–Crippen MR) is 125 cm³/mol. The zero-order valence-electron chi connectivity index (χ0n) is 18.5. The van der Waals surface area contributed by atoms with Crippen LogP contribution in [0.25, 0.3) is 10.2 Å². The molecule has 0 fully saturated rings. The second-order valence-corrected chi connectivity index (χ2v) is 10.3. The summed E-state index contributed by atoms with van der Waals surface area (Å²) in [6.45, 7) is 9.29. The molecule has 4 rings (SSSR count). The first-order valence-corrected chi connectivity index (χ1v) is 11.6. The second-order valence-electron chi connectivity index (χ2n) is 9.17. The average Bonchev–Trinajstić information content (AvgIpc) is 3.09. The first kappa shape index (κ1) is 21.6. The van der Waals surface area contributed by atoms with Crippen molar-refractivity contribution in [2.75, 3.05) is 11.9 Å². The maximum absolute atomic E-state index is 13.2. The molecule has 1 N–H and O–H groups in total. The van der Waals surface area contributed by atoms with Gasteiger partial charge in [0.1, 0.15) is 17.1 Å². The Balaban J connectivity index is 1.53. The number of carbonyl (C=O) groups is 1. The van der Waals surface area contributed by atoms with E-state index in [0.29, 0.717) is 23.6 Å². The number of carbonyl (C=O) groups excluding carboxylic acids is 1. The van der Waals surface area contributed by atoms with E-state index in [1.54, 1.807) is 35.6 Å².